The number of nitriles is 1. The lowest BCUT2D eigenvalue weighted by molar-refractivity contribution is -0.384. The fraction of sp³-hybridized carbons (Fsp3) is 0.308. The van der Waals surface area contributed by atoms with Crippen molar-refractivity contribution in [3.05, 3.63) is 45.5 Å². The molecule has 0 saturated carbocycles. The van der Waals surface area contributed by atoms with E-state index in [0.717, 1.165) is 25.2 Å². The van der Waals surface area contributed by atoms with E-state index in [1.807, 2.05) is 6.07 Å². The number of benzene rings is 1. The molecule has 0 amide bonds. The van der Waals surface area contributed by atoms with Gasteiger partial charge in [-0.1, -0.05) is 11.6 Å². The van der Waals surface area contributed by atoms with Crippen LogP contribution in [0.15, 0.2) is 29.8 Å². The monoisotopic (exact) mass is 243 g/mol. The van der Waals surface area contributed by atoms with E-state index in [4.69, 9.17) is 5.26 Å². The highest BCUT2D eigenvalue weighted by atomic mass is 16.6. The standard InChI is InChI=1S/C13H13N3O2/c1-10-4-6-15(7-5-10)13-3-2-12(16(17)18)8-11(13)9-14/h2-4,8H,5-7H2,1H3. The molecule has 0 aromatic heterocycles. The SMILES string of the molecule is CC1=CCN(c2ccc([N+](=O)[O-])cc2C#N)CC1. The van der Waals surface area contributed by atoms with Crippen molar-refractivity contribution in [2.45, 2.75) is 13.3 Å². The first-order chi connectivity index (χ1) is 8.61. The van der Waals surface area contributed by atoms with Gasteiger partial charge in [-0.05, 0) is 19.4 Å². The molecule has 5 heteroatoms. The van der Waals surface area contributed by atoms with Gasteiger partial charge in [0.2, 0.25) is 0 Å². The molecule has 0 atom stereocenters. The first-order valence-corrected chi connectivity index (χ1v) is 5.71. The van der Waals surface area contributed by atoms with Crippen LogP contribution in [0.4, 0.5) is 11.4 Å². The Labute approximate surface area is 105 Å². The third-order valence-electron chi connectivity index (χ3n) is 3.09. The first kappa shape index (κ1) is 12.1. The molecule has 1 heterocycles. The van der Waals surface area contributed by atoms with Gasteiger partial charge in [0.05, 0.1) is 16.2 Å². The fourth-order valence-electron chi connectivity index (χ4n) is 1.99. The average Bonchev–Trinajstić information content (AvgIpc) is 2.39. The van der Waals surface area contributed by atoms with Gasteiger partial charge in [-0.3, -0.25) is 10.1 Å². The number of rotatable bonds is 2. The van der Waals surface area contributed by atoms with Crippen LogP contribution in [0.3, 0.4) is 0 Å². The largest absolute Gasteiger partial charge is 0.366 e. The van der Waals surface area contributed by atoms with Crippen LogP contribution in [0.2, 0.25) is 0 Å². The van der Waals surface area contributed by atoms with Crippen LogP contribution in [-0.2, 0) is 0 Å². The number of anilines is 1. The third kappa shape index (κ3) is 2.33. The third-order valence-corrected chi connectivity index (χ3v) is 3.09. The summed E-state index contributed by atoms with van der Waals surface area (Å²) in [6.45, 7) is 3.67. The number of nitrogens with zero attached hydrogens (tertiary/aromatic N) is 3. The van der Waals surface area contributed by atoms with Gasteiger partial charge in [0.25, 0.3) is 5.69 Å². The molecule has 1 aromatic carbocycles. The number of nitro benzene ring substituents is 1. The maximum Gasteiger partial charge on any atom is 0.270 e. The zero-order chi connectivity index (χ0) is 13.1. The van der Waals surface area contributed by atoms with Crippen LogP contribution >= 0.6 is 0 Å². The summed E-state index contributed by atoms with van der Waals surface area (Å²) in [7, 11) is 0. The summed E-state index contributed by atoms with van der Waals surface area (Å²) in [6, 6.07) is 6.47. The van der Waals surface area contributed by atoms with E-state index in [0.29, 0.717) is 5.56 Å². The number of nitro groups is 1. The molecule has 0 radical (unpaired) electrons. The van der Waals surface area contributed by atoms with Crippen molar-refractivity contribution in [3.8, 4) is 6.07 Å². The van der Waals surface area contributed by atoms with E-state index in [2.05, 4.69) is 17.9 Å². The van der Waals surface area contributed by atoms with Gasteiger partial charge in [-0.2, -0.15) is 5.26 Å². The van der Waals surface area contributed by atoms with E-state index in [1.54, 1.807) is 6.07 Å². The maximum atomic E-state index is 10.7. The predicted molar refractivity (Wildman–Crippen MR) is 68.4 cm³/mol. The maximum absolute atomic E-state index is 10.7. The van der Waals surface area contributed by atoms with Crippen LogP contribution in [0, 0.1) is 21.4 Å². The summed E-state index contributed by atoms with van der Waals surface area (Å²) in [6.07, 6.45) is 3.08. The molecule has 1 aromatic rings. The van der Waals surface area contributed by atoms with Crippen molar-refractivity contribution in [1.82, 2.24) is 0 Å². The van der Waals surface area contributed by atoms with Crippen LogP contribution in [0.25, 0.3) is 0 Å². The minimum atomic E-state index is -0.481. The smallest absolute Gasteiger partial charge is 0.270 e. The van der Waals surface area contributed by atoms with E-state index >= 15 is 0 Å². The van der Waals surface area contributed by atoms with Crippen molar-refractivity contribution < 1.29 is 4.92 Å². The van der Waals surface area contributed by atoms with Crippen molar-refractivity contribution in [2.24, 2.45) is 0 Å². The Balaban J connectivity index is 2.34. The molecule has 0 unspecified atom stereocenters. The van der Waals surface area contributed by atoms with Crippen LogP contribution in [0.5, 0.6) is 0 Å². The van der Waals surface area contributed by atoms with Gasteiger partial charge in [0.1, 0.15) is 6.07 Å². The molecule has 0 saturated heterocycles. The second-order valence-electron chi connectivity index (χ2n) is 4.32. The summed E-state index contributed by atoms with van der Waals surface area (Å²) in [5.74, 6) is 0. The van der Waals surface area contributed by atoms with Crippen molar-refractivity contribution in [2.75, 3.05) is 18.0 Å². The lowest BCUT2D eigenvalue weighted by atomic mass is 10.1. The molecule has 0 N–H and O–H groups in total. The fourth-order valence-corrected chi connectivity index (χ4v) is 1.99. The van der Waals surface area contributed by atoms with Crippen molar-refractivity contribution >= 4 is 11.4 Å². The van der Waals surface area contributed by atoms with Gasteiger partial charge < -0.3 is 4.90 Å². The summed E-state index contributed by atoms with van der Waals surface area (Å²) in [5.41, 5.74) is 2.43. The Kier molecular flexibility index (Phi) is 3.28. The Morgan fingerprint density at radius 1 is 1.50 bits per heavy atom. The lowest BCUT2D eigenvalue weighted by Crippen LogP contribution is -2.28. The topological polar surface area (TPSA) is 70.2 Å². The molecule has 5 nitrogen and oxygen atoms in total. The Morgan fingerprint density at radius 3 is 2.83 bits per heavy atom. The molecule has 1 aliphatic rings. The Hall–Kier alpha value is -2.35. The molecule has 0 spiro atoms. The zero-order valence-corrected chi connectivity index (χ0v) is 10.1. The first-order valence-electron chi connectivity index (χ1n) is 5.71. The van der Waals surface area contributed by atoms with Gasteiger partial charge in [0, 0.05) is 25.2 Å². The quantitative estimate of drug-likeness (QED) is 0.455. The number of hydrogen-bond donors (Lipinski definition) is 0. The molecular weight excluding hydrogens is 230 g/mol. The highest BCUT2D eigenvalue weighted by Crippen LogP contribution is 2.27. The van der Waals surface area contributed by atoms with Crippen molar-refractivity contribution in [1.29, 1.82) is 5.26 Å². The lowest BCUT2D eigenvalue weighted by Gasteiger charge is -2.28. The number of non-ortho nitro benzene ring substituents is 1. The highest BCUT2D eigenvalue weighted by molar-refractivity contribution is 5.63. The summed E-state index contributed by atoms with van der Waals surface area (Å²) in [5, 5.41) is 19.8. The highest BCUT2D eigenvalue weighted by Gasteiger charge is 2.16. The average molecular weight is 243 g/mol. The summed E-state index contributed by atoms with van der Waals surface area (Å²) >= 11 is 0. The second-order valence-corrected chi connectivity index (χ2v) is 4.32. The van der Waals surface area contributed by atoms with Crippen LogP contribution in [0.1, 0.15) is 18.9 Å². The van der Waals surface area contributed by atoms with E-state index in [1.165, 1.54) is 17.7 Å². The zero-order valence-electron chi connectivity index (χ0n) is 10.1. The molecule has 92 valence electrons. The Bertz CT molecular complexity index is 558. The van der Waals surface area contributed by atoms with Crippen LogP contribution < -0.4 is 4.90 Å². The molecular formula is C13H13N3O2. The molecule has 18 heavy (non-hydrogen) atoms. The van der Waals surface area contributed by atoms with Gasteiger partial charge in [0.15, 0.2) is 0 Å². The summed E-state index contributed by atoms with van der Waals surface area (Å²) < 4.78 is 0. The Morgan fingerprint density at radius 2 is 2.28 bits per heavy atom. The molecule has 0 aliphatic carbocycles. The van der Waals surface area contributed by atoms with Gasteiger partial charge in [-0.15, -0.1) is 0 Å². The second kappa shape index (κ2) is 4.88. The molecule has 2 rings (SSSR count). The summed E-state index contributed by atoms with van der Waals surface area (Å²) in [4.78, 5) is 12.3. The minimum absolute atomic E-state index is 0.0426. The van der Waals surface area contributed by atoms with E-state index < -0.39 is 4.92 Å². The van der Waals surface area contributed by atoms with E-state index in [-0.39, 0.29) is 5.69 Å². The molecule has 1 aliphatic heterocycles. The normalized spacial score (nSPS) is 14.9. The molecule has 0 bridgehead atoms. The minimum Gasteiger partial charge on any atom is -0.366 e. The van der Waals surface area contributed by atoms with E-state index in [9.17, 15) is 10.1 Å². The predicted octanol–water partition coefficient (Wildman–Crippen LogP) is 2.62. The van der Waals surface area contributed by atoms with Crippen molar-refractivity contribution in [3.63, 3.8) is 0 Å². The molecule has 0 fully saturated rings. The number of hydrogen-bond acceptors (Lipinski definition) is 4. The van der Waals surface area contributed by atoms with Gasteiger partial charge >= 0.3 is 0 Å². The van der Waals surface area contributed by atoms with Crippen LogP contribution in [-0.4, -0.2) is 18.0 Å². The van der Waals surface area contributed by atoms with Gasteiger partial charge in [-0.25, -0.2) is 0 Å².